The molecule has 0 unspecified atom stereocenters. The number of hydrogen-bond acceptors (Lipinski definition) is 3. The molecule has 0 bridgehead atoms. The molecule has 0 rings (SSSR count). The fourth-order valence-electron chi connectivity index (χ4n) is 0.369. The first-order valence-corrected chi connectivity index (χ1v) is 3.10. The Morgan fingerprint density at radius 2 is 2.18 bits per heavy atom. The van der Waals surface area contributed by atoms with Crippen LogP contribution in [-0.4, -0.2) is 25.1 Å². The highest BCUT2D eigenvalue weighted by atomic mass is 16.7. The third-order valence-electron chi connectivity index (χ3n) is 0.717. The van der Waals surface area contributed by atoms with E-state index in [1.807, 2.05) is 5.48 Å². The SMILES string of the molecule is CCNC(=O)NOCC(N)=O. The summed E-state index contributed by atoms with van der Waals surface area (Å²) in [5.41, 5.74) is 6.68. The number of primary amides is 1. The zero-order valence-electron chi connectivity index (χ0n) is 6.22. The van der Waals surface area contributed by atoms with E-state index in [0.29, 0.717) is 6.54 Å². The molecule has 6 nitrogen and oxygen atoms in total. The molecular formula is C5H11N3O3. The van der Waals surface area contributed by atoms with Gasteiger partial charge in [0.1, 0.15) is 0 Å². The van der Waals surface area contributed by atoms with Gasteiger partial charge in [-0.3, -0.25) is 9.63 Å². The van der Waals surface area contributed by atoms with E-state index in [0.717, 1.165) is 0 Å². The van der Waals surface area contributed by atoms with Crippen LogP contribution in [0, 0.1) is 0 Å². The molecule has 3 amide bonds. The third-order valence-corrected chi connectivity index (χ3v) is 0.717. The van der Waals surface area contributed by atoms with Crippen molar-refractivity contribution in [2.75, 3.05) is 13.2 Å². The lowest BCUT2D eigenvalue weighted by Crippen LogP contribution is -2.37. The molecule has 64 valence electrons. The van der Waals surface area contributed by atoms with Crippen LogP contribution in [0.25, 0.3) is 0 Å². The molecule has 6 heteroatoms. The van der Waals surface area contributed by atoms with Crippen molar-refractivity contribution in [2.24, 2.45) is 5.73 Å². The molecule has 0 aliphatic carbocycles. The lowest BCUT2D eigenvalue weighted by molar-refractivity contribution is -0.124. The highest BCUT2D eigenvalue weighted by Crippen LogP contribution is 1.67. The highest BCUT2D eigenvalue weighted by molar-refractivity contribution is 5.76. The van der Waals surface area contributed by atoms with Gasteiger partial charge in [0.2, 0.25) is 5.91 Å². The summed E-state index contributed by atoms with van der Waals surface area (Å²) in [7, 11) is 0. The van der Waals surface area contributed by atoms with Gasteiger partial charge in [0.15, 0.2) is 6.61 Å². The summed E-state index contributed by atoms with van der Waals surface area (Å²) in [4.78, 5) is 25.0. The molecule has 0 atom stereocenters. The minimum absolute atomic E-state index is 0.322. The van der Waals surface area contributed by atoms with Crippen LogP contribution in [0.3, 0.4) is 0 Å². The minimum atomic E-state index is -0.637. The fraction of sp³-hybridized carbons (Fsp3) is 0.600. The maximum absolute atomic E-state index is 10.5. The monoisotopic (exact) mass is 161 g/mol. The Hall–Kier alpha value is -1.30. The van der Waals surface area contributed by atoms with Crippen LogP contribution in [0.5, 0.6) is 0 Å². The first-order valence-electron chi connectivity index (χ1n) is 3.10. The van der Waals surface area contributed by atoms with Crippen molar-refractivity contribution in [3.63, 3.8) is 0 Å². The summed E-state index contributed by atoms with van der Waals surface area (Å²) >= 11 is 0. The van der Waals surface area contributed by atoms with Crippen LogP contribution < -0.4 is 16.5 Å². The van der Waals surface area contributed by atoms with Gasteiger partial charge in [-0.2, -0.15) is 0 Å². The number of nitrogens with two attached hydrogens (primary N) is 1. The maximum atomic E-state index is 10.5. The van der Waals surface area contributed by atoms with Crippen LogP contribution in [-0.2, 0) is 9.63 Å². The molecule has 0 aliphatic rings. The van der Waals surface area contributed by atoms with E-state index >= 15 is 0 Å². The topological polar surface area (TPSA) is 93.4 Å². The average Bonchev–Trinajstić information content (AvgIpc) is 1.87. The molecule has 0 saturated carbocycles. The zero-order chi connectivity index (χ0) is 8.69. The number of carbonyl (C=O) groups is 2. The molecule has 0 aromatic carbocycles. The predicted octanol–water partition coefficient (Wildman–Crippen LogP) is -1.28. The van der Waals surface area contributed by atoms with Crippen molar-refractivity contribution in [1.82, 2.24) is 10.8 Å². The van der Waals surface area contributed by atoms with Gasteiger partial charge < -0.3 is 11.1 Å². The molecule has 0 fully saturated rings. The standard InChI is InChI=1S/C5H11N3O3/c1-2-7-5(10)8-11-3-4(6)9/h2-3H2,1H3,(H2,6,9)(H2,7,8,10). The third kappa shape index (κ3) is 6.59. The van der Waals surface area contributed by atoms with E-state index in [9.17, 15) is 9.59 Å². The van der Waals surface area contributed by atoms with Gasteiger partial charge in [-0.25, -0.2) is 10.3 Å². The normalized spacial score (nSPS) is 8.82. The summed E-state index contributed by atoms with van der Waals surface area (Å²) in [5, 5.41) is 2.39. The Kier molecular flexibility index (Phi) is 4.83. The number of hydroxylamine groups is 1. The van der Waals surface area contributed by atoms with Gasteiger partial charge in [-0.15, -0.1) is 0 Å². The lowest BCUT2D eigenvalue weighted by atomic mass is 10.7. The Labute approximate surface area is 64.0 Å². The van der Waals surface area contributed by atoms with Gasteiger partial charge in [-0.1, -0.05) is 0 Å². The molecule has 0 saturated heterocycles. The first kappa shape index (κ1) is 9.70. The van der Waals surface area contributed by atoms with Crippen LogP contribution in [0.2, 0.25) is 0 Å². The van der Waals surface area contributed by atoms with Crippen molar-refractivity contribution in [2.45, 2.75) is 6.92 Å². The van der Waals surface area contributed by atoms with Crippen LogP contribution in [0.4, 0.5) is 4.79 Å². The molecule has 11 heavy (non-hydrogen) atoms. The Morgan fingerprint density at radius 3 is 2.64 bits per heavy atom. The number of rotatable bonds is 4. The summed E-state index contributed by atoms with van der Waals surface area (Å²) in [6.45, 7) is 1.93. The van der Waals surface area contributed by atoms with Crippen molar-refractivity contribution >= 4 is 11.9 Å². The van der Waals surface area contributed by atoms with E-state index in [1.54, 1.807) is 6.92 Å². The van der Waals surface area contributed by atoms with E-state index in [2.05, 4.69) is 10.2 Å². The molecule has 0 heterocycles. The number of hydrogen-bond donors (Lipinski definition) is 3. The molecule has 0 spiro atoms. The van der Waals surface area contributed by atoms with Crippen molar-refractivity contribution < 1.29 is 14.4 Å². The Balaban J connectivity index is 3.24. The lowest BCUT2D eigenvalue weighted by Gasteiger charge is -2.03. The van der Waals surface area contributed by atoms with E-state index in [4.69, 9.17) is 5.73 Å². The molecule has 0 aliphatic heterocycles. The van der Waals surface area contributed by atoms with Gasteiger partial charge in [-0.05, 0) is 6.92 Å². The molecule has 0 aromatic rings. The minimum Gasteiger partial charge on any atom is -0.368 e. The van der Waals surface area contributed by atoms with Crippen LogP contribution in [0.15, 0.2) is 0 Å². The van der Waals surface area contributed by atoms with E-state index < -0.39 is 11.9 Å². The summed E-state index contributed by atoms with van der Waals surface area (Å²) < 4.78 is 0. The molecule has 0 aromatic heterocycles. The maximum Gasteiger partial charge on any atom is 0.338 e. The number of nitrogens with one attached hydrogen (secondary N) is 2. The second-order valence-corrected chi connectivity index (χ2v) is 1.72. The summed E-state index contributed by atoms with van der Waals surface area (Å²) in [5.74, 6) is -0.637. The van der Waals surface area contributed by atoms with Crippen LogP contribution in [0.1, 0.15) is 6.92 Å². The highest BCUT2D eigenvalue weighted by Gasteiger charge is 1.97. The Morgan fingerprint density at radius 1 is 1.55 bits per heavy atom. The second kappa shape index (κ2) is 5.48. The number of amides is 3. The van der Waals surface area contributed by atoms with Gasteiger partial charge in [0, 0.05) is 6.54 Å². The van der Waals surface area contributed by atoms with Gasteiger partial charge in [0.05, 0.1) is 0 Å². The summed E-state index contributed by atoms with van der Waals surface area (Å²) in [6.07, 6.45) is 0. The smallest absolute Gasteiger partial charge is 0.338 e. The first-order chi connectivity index (χ1) is 5.16. The quantitative estimate of drug-likeness (QED) is 0.448. The van der Waals surface area contributed by atoms with Crippen LogP contribution >= 0.6 is 0 Å². The Bertz CT molecular complexity index is 148. The van der Waals surface area contributed by atoms with Gasteiger partial charge >= 0.3 is 6.03 Å². The van der Waals surface area contributed by atoms with Crippen molar-refractivity contribution in [1.29, 1.82) is 0 Å². The van der Waals surface area contributed by atoms with Crippen molar-refractivity contribution in [3.05, 3.63) is 0 Å². The van der Waals surface area contributed by atoms with E-state index in [-0.39, 0.29) is 6.61 Å². The number of carbonyl (C=O) groups excluding carboxylic acids is 2. The fourth-order valence-corrected chi connectivity index (χ4v) is 0.369. The molecule has 4 N–H and O–H groups in total. The predicted molar refractivity (Wildman–Crippen MR) is 37.4 cm³/mol. The summed E-state index contributed by atoms with van der Waals surface area (Å²) in [6, 6.07) is -0.492. The van der Waals surface area contributed by atoms with Gasteiger partial charge in [0.25, 0.3) is 0 Å². The largest absolute Gasteiger partial charge is 0.368 e. The van der Waals surface area contributed by atoms with Crippen molar-refractivity contribution in [3.8, 4) is 0 Å². The molecular weight excluding hydrogens is 150 g/mol. The number of urea groups is 1. The second-order valence-electron chi connectivity index (χ2n) is 1.72. The van der Waals surface area contributed by atoms with E-state index in [1.165, 1.54) is 0 Å². The molecule has 0 radical (unpaired) electrons. The zero-order valence-corrected chi connectivity index (χ0v) is 6.22. The average molecular weight is 161 g/mol.